The maximum absolute atomic E-state index is 13.7. The SMILES string of the molecule is Nc1cccc(OC(F)(F)C(F)(F)C(F)(F)Oc2cccc(N)c2)c1. The van der Waals surface area contributed by atoms with Crippen molar-refractivity contribution >= 4 is 11.4 Å². The summed E-state index contributed by atoms with van der Waals surface area (Å²) in [5, 5.41) is 0. The molecule has 25 heavy (non-hydrogen) atoms. The van der Waals surface area contributed by atoms with Gasteiger partial charge in [-0.25, -0.2) is 0 Å². The van der Waals surface area contributed by atoms with E-state index in [9.17, 15) is 26.3 Å². The lowest BCUT2D eigenvalue weighted by Gasteiger charge is -2.31. The number of nitrogens with two attached hydrogens (primary N) is 2. The number of ether oxygens (including phenoxy) is 2. The van der Waals surface area contributed by atoms with Crippen LogP contribution in [0.5, 0.6) is 11.5 Å². The van der Waals surface area contributed by atoms with Gasteiger partial charge < -0.3 is 20.9 Å². The molecule has 2 aromatic rings. The molecule has 10 heteroatoms. The molecule has 4 nitrogen and oxygen atoms in total. The zero-order chi connectivity index (χ0) is 18.9. The number of rotatable bonds is 6. The topological polar surface area (TPSA) is 70.5 Å². The third-order valence-corrected chi connectivity index (χ3v) is 2.94. The maximum Gasteiger partial charge on any atom is 0.475 e. The van der Waals surface area contributed by atoms with Gasteiger partial charge in [-0.15, -0.1) is 0 Å². The molecular weight excluding hydrogens is 354 g/mol. The minimum Gasteiger partial charge on any atom is -0.428 e. The first-order chi connectivity index (χ1) is 11.4. The van der Waals surface area contributed by atoms with Gasteiger partial charge in [0.05, 0.1) is 0 Å². The minimum atomic E-state index is -6.00. The van der Waals surface area contributed by atoms with E-state index in [1.54, 1.807) is 0 Å². The quantitative estimate of drug-likeness (QED) is 0.596. The second kappa shape index (κ2) is 6.26. The highest BCUT2D eigenvalue weighted by atomic mass is 19.4. The van der Waals surface area contributed by atoms with Crippen molar-refractivity contribution < 1.29 is 35.8 Å². The molecular formula is C15H12F6N2O2. The predicted molar refractivity (Wildman–Crippen MR) is 77.8 cm³/mol. The van der Waals surface area contributed by atoms with Gasteiger partial charge in [0.1, 0.15) is 11.5 Å². The average molecular weight is 366 g/mol. The molecule has 0 aliphatic carbocycles. The molecule has 0 unspecified atom stereocenters. The van der Waals surface area contributed by atoms with Crippen molar-refractivity contribution in [2.45, 2.75) is 18.1 Å². The number of nitrogen functional groups attached to an aromatic ring is 2. The van der Waals surface area contributed by atoms with Crippen molar-refractivity contribution in [1.29, 1.82) is 0 Å². The summed E-state index contributed by atoms with van der Waals surface area (Å²) in [6.07, 6.45) is -11.2. The van der Waals surface area contributed by atoms with Gasteiger partial charge in [0.25, 0.3) is 0 Å². The van der Waals surface area contributed by atoms with Crippen molar-refractivity contribution in [2.75, 3.05) is 11.5 Å². The van der Waals surface area contributed by atoms with E-state index >= 15 is 0 Å². The number of benzene rings is 2. The molecule has 0 bridgehead atoms. The Hall–Kier alpha value is -2.78. The smallest absolute Gasteiger partial charge is 0.428 e. The normalized spacial score (nSPS) is 12.7. The summed E-state index contributed by atoms with van der Waals surface area (Å²) >= 11 is 0. The highest BCUT2D eigenvalue weighted by Crippen LogP contribution is 2.47. The van der Waals surface area contributed by atoms with Crippen LogP contribution in [0.15, 0.2) is 48.5 Å². The molecule has 136 valence electrons. The van der Waals surface area contributed by atoms with Crippen LogP contribution in [0.4, 0.5) is 37.7 Å². The van der Waals surface area contributed by atoms with Crippen LogP contribution >= 0.6 is 0 Å². The Bertz CT molecular complexity index is 693. The van der Waals surface area contributed by atoms with Crippen molar-refractivity contribution in [2.24, 2.45) is 0 Å². The Labute approximate surface area is 137 Å². The van der Waals surface area contributed by atoms with Gasteiger partial charge in [-0.05, 0) is 24.3 Å². The van der Waals surface area contributed by atoms with E-state index in [0.717, 1.165) is 36.4 Å². The van der Waals surface area contributed by atoms with Crippen LogP contribution in [0, 0.1) is 0 Å². The molecule has 4 N–H and O–H groups in total. The Morgan fingerprint density at radius 1 is 0.640 bits per heavy atom. The van der Waals surface area contributed by atoms with E-state index in [-0.39, 0.29) is 11.4 Å². The van der Waals surface area contributed by atoms with E-state index in [4.69, 9.17) is 11.5 Å². The largest absolute Gasteiger partial charge is 0.475 e. The van der Waals surface area contributed by atoms with E-state index in [1.807, 2.05) is 0 Å². The van der Waals surface area contributed by atoms with Gasteiger partial charge in [-0.3, -0.25) is 0 Å². The van der Waals surface area contributed by atoms with E-state index < -0.39 is 29.6 Å². The van der Waals surface area contributed by atoms with Crippen LogP contribution in [-0.2, 0) is 0 Å². The van der Waals surface area contributed by atoms with Crippen molar-refractivity contribution in [1.82, 2.24) is 0 Å². The van der Waals surface area contributed by atoms with E-state index in [0.29, 0.717) is 0 Å². The Morgan fingerprint density at radius 3 is 1.32 bits per heavy atom. The molecule has 0 aliphatic rings. The lowest BCUT2D eigenvalue weighted by molar-refractivity contribution is -0.415. The lowest BCUT2D eigenvalue weighted by Crippen LogP contribution is -2.59. The highest BCUT2D eigenvalue weighted by Gasteiger charge is 2.77. The van der Waals surface area contributed by atoms with Crippen LogP contribution in [-0.4, -0.2) is 18.1 Å². The number of halogens is 6. The first-order valence-electron chi connectivity index (χ1n) is 6.67. The molecule has 0 spiro atoms. The first-order valence-corrected chi connectivity index (χ1v) is 6.67. The number of hydrogen-bond donors (Lipinski definition) is 2. The molecule has 0 radical (unpaired) electrons. The number of alkyl halides is 6. The van der Waals surface area contributed by atoms with Crippen LogP contribution in [0.2, 0.25) is 0 Å². The molecule has 0 atom stereocenters. The van der Waals surface area contributed by atoms with Crippen LogP contribution in [0.25, 0.3) is 0 Å². The van der Waals surface area contributed by atoms with Crippen molar-refractivity contribution in [3.63, 3.8) is 0 Å². The number of hydrogen-bond acceptors (Lipinski definition) is 4. The fraction of sp³-hybridized carbons (Fsp3) is 0.200. The molecule has 2 rings (SSSR count). The second-order valence-electron chi connectivity index (χ2n) is 4.96. The van der Waals surface area contributed by atoms with Gasteiger partial charge in [0, 0.05) is 23.5 Å². The predicted octanol–water partition coefficient (Wildman–Crippen LogP) is 4.13. The van der Waals surface area contributed by atoms with Gasteiger partial charge in [0.15, 0.2) is 0 Å². The molecule has 2 aromatic carbocycles. The summed E-state index contributed by atoms with van der Waals surface area (Å²) in [5.74, 6) is -7.64. The second-order valence-corrected chi connectivity index (χ2v) is 4.96. The van der Waals surface area contributed by atoms with Gasteiger partial charge in [0.2, 0.25) is 0 Å². The lowest BCUT2D eigenvalue weighted by atomic mass is 10.2. The zero-order valence-electron chi connectivity index (χ0n) is 12.4. The third-order valence-electron chi connectivity index (χ3n) is 2.94. The average Bonchev–Trinajstić information content (AvgIpc) is 2.45. The van der Waals surface area contributed by atoms with Gasteiger partial charge in [-0.2, -0.15) is 26.3 Å². The van der Waals surface area contributed by atoms with Crippen LogP contribution in [0.3, 0.4) is 0 Å². The summed E-state index contributed by atoms with van der Waals surface area (Å²) in [5.41, 5.74) is 10.4. The summed E-state index contributed by atoms with van der Waals surface area (Å²) < 4.78 is 89.8. The Balaban J connectivity index is 2.26. The fourth-order valence-corrected chi connectivity index (χ4v) is 1.75. The fourth-order valence-electron chi connectivity index (χ4n) is 1.75. The summed E-state index contributed by atoms with van der Waals surface area (Å²) in [7, 11) is 0. The highest BCUT2D eigenvalue weighted by molar-refractivity contribution is 5.44. The van der Waals surface area contributed by atoms with Gasteiger partial charge >= 0.3 is 18.1 Å². The summed E-state index contributed by atoms with van der Waals surface area (Å²) in [6, 6.07) is 8.05. The van der Waals surface area contributed by atoms with Crippen LogP contribution < -0.4 is 20.9 Å². The van der Waals surface area contributed by atoms with Gasteiger partial charge in [-0.1, -0.05) is 12.1 Å². The molecule has 0 aliphatic heterocycles. The Kier molecular flexibility index (Phi) is 4.65. The third kappa shape index (κ3) is 3.83. The minimum absolute atomic E-state index is 0.0839. The van der Waals surface area contributed by atoms with E-state index in [2.05, 4.69) is 9.47 Å². The standard InChI is InChI=1S/C15H12F6N2O2/c16-13(17,14(18,19)24-11-5-1-3-9(22)7-11)15(20,21)25-12-6-2-4-10(23)8-12/h1-8H,22-23H2. The van der Waals surface area contributed by atoms with Crippen LogP contribution in [0.1, 0.15) is 0 Å². The molecule has 0 saturated heterocycles. The van der Waals surface area contributed by atoms with E-state index in [1.165, 1.54) is 12.1 Å². The molecule has 0 aromatic heterocycles. The zero-order valence-corrected chi connectivity index (χ0v) is 12.4. The van der Waals surface area contributed by atoms with Crippen molar-refractivity contribution in [3.8, 4) is 11.5 Å². The summed E-state index contributed by atoms with van der Waals surface area (Å²) in [4.78, 5) is 0. The molecule has 0 heterocycles. The maximum atomic E-state index is 13.7. The summed E-state index contributed by atoms with van der Waals surface area (Å²) in [6.45, 7) is 0. The molecule has 0 saturated carbocycles. The molecule has 0 amide bonds. The first kappa shape index (κ1) is 18.6. The molecule has 0 fully saturated rings. The monoisotopic (exact) mass is 366 g/mol. The Morgan fingerprint density at radius 2 is 1.00 bits per heavy atom. The number of anilines is 2. The van der Waals surface area contributed by atoms with Crippen molar-refractivity contribution in [3.05, 3.63) is 48.5 Å².